The van der Waals surface area contributed by atoms with Crippen molar-refractivity contribution in [3.8, 4) is 17.2 Å². The van der Waals surface area contributed by atoms with E-state index in [0.29, 0.717) is 11.3 Å². The lowest BCUT2D eigenvalue weighted by Crippen LogP contribution is -2.41. The molecule has 1 unspecified atom stereocenters. The van der Waals surface area contributed by atoms with Crippen LogP contribution in [0.15, 0.2) is 45.2 Å². The van der Waals surface area contributed by atoms with Crippen LogP contribution >= 0.6 is 0 Å². The summed E-state index contributed by atoms with van der Waals surface area (Å²) >= 11 is 0. The molecule has 0 fully saturated rings. The normalized spacial score (nSPS) is 15.6. The number of para-hydroxylation sites is 1. The van der Waals surface area contributed by atoms with Crippen molar-refractivity contribution in [3.63, 3.8) is 0 Å². The van der Waals surface area contributed by atoms with Crippen molar-refractivity contribution in [2.24, 2.45) is 14.2 Å². The highest BCUT2D eigenvalue weighted by molar-refractivity contribution is 7.89. The summed E-state index contributed by atoms with van der Waals surface area (Å²) in [5.41, 5.74) is 0.316. The zero-order valence-electron chi connectivity index (χ0n) is 20.3. The first-order valence-corrected chi connectivity index (χ1v) is 12.0. The molecule has 0 spiro atoms. The molecule has 0 bridgehead atoms. The van der Waals surface area contributed by atoms with Gasteiger partial charge >= 0.3 is 10.2 Å². The summed E-state index contributed by atoms with van der Waals surface area (Å²) in [6, 6.07) is 8.86. The van der Waals surface area contributed by atoms with Crippen molar-refractivity contribution in [2.75, 3.05) is 26.5 Å². The number of rotatable bonds is 5. The highest BCUT2D eigenvalue weighted by Gasteiger charge is 2.33. The van der Waals surface area contributed by atoms with Gasteiger partial charge in [-0.25, -0.2) is 0 Å². The van der Waals surface area contributed by atoms with E-state index in [2.05, 4.69) is 19.4 Å². The Hall–Kier alpha value is -3.80. The third-order valence-electron chi connectivity index (χ3n) is 5.25. The van der Waals surface area contributed by atoms with Gasteiger partial charge in [-0.2, -0.15) is 8.42 Å². The Morgan fingerprint density at radius 2 is 1.74 bits per heavy atom. The number of carbonyl (C=O) groups excluding carboxylic acids is 1. The zero-order chi connectivity index (χ0) is 26.1. The van der Waals surface area contributed by atoms with Gasteiger partial charge in [0.25, 0.3) is 5.91 Å². The van der Waals surface area contributed by atoms with E-state index in [9.17, 15) is 23.4 Å². The molecule has 11 nitrogen and oxygen atoms in total. The van der Waals surface area contributed by atoms with Gasteiger partial charge in [0, 0.05) is 14.1 Å². The number of amidine groups is 2. The number of benzene rings is 2. The van der Waals surface area contributed by atoms with Crippen molar-refractivity contribution in [2.45, 2.75) is 26.8 Å². The third kappa shape index (κ3) is 5.65. The summed E-state index contributed by atoms with van der Waals surface area (Å²) in [7, 11) is 0.356. The maximum atomic E-state index is 12.4. The van der Waals surface area contributed by atoms with E-state index in [-0.39, 0.29) is 34.4 Å². The Morgan fingerprint density at radius 3 is 2.31 bits per heavy atom. The summed E-state index contributed by atoms with van der Waals surface area (Å²) in [5, 5.41) is 26.8. The largest absolute Gasteiger partial charge is 0.505 e. The molecule has 1 atom stereocenters. The molecule has 1 heterocycles. The molecule has 12 heteroatoms. The van der Waals surface area contributed by atoms with Gasteiger partial charge in [-0.3, -0.25) is 4.79 Å². The minimum Gasteiger partial charge on any atom is -0.505 e. The minimum absolute atomic E-state index is 0.0363. The predicted molar refractivity (Wildman–Crippen MR) is 134 cm³/mol. The first-order valence-electron chi connectivity index (χ1n) is 10.6. The Labute approximate surface area is 204 Å². The number of carbonyl (C=O) groups is 1. The molecular weight excluding hydrogens is 474 g/mol. The number of amides is 1. The van der Waals surface area contributed by atoms with Crippen LogP contribution in [0.3, 0.4) is 0 Å². The number of hydrogen-bond donors (Lipinski definition) is 4. The lowest BCUT2D eigenvalue weighted by Gasteiger charge is -2.33. The van der Waals surface area contributed by atoms with Crippen molar-refractivity contribution < 1.29 is 28.2 Å². The number of phenols is 2. The van der Waals surface area contributed by atoms with E-state index in [0.717, 1.165) is 0 Å². The molecule has 188 valence electrons. The lowest BCUT2D eigenvalue weighted by molar-refractivity contribution is 0.0824. The number of nitrogens with one attached hydrogen (secondary N) is 2. The fourth-order valence-corrected chi connectivity index (χ4v) is 4.30. The van der Waals surface area contributed by atoms with Gasteiger partial charge in [0.05, 0.1) is 24.4 Å². The fourth-order valence-electron chi connectivity index (χ4n) is 3.52. The Balaban J connectivity index is 1.97. The number of methoxy groups -OCH3 is 1. The minimum atomic E-state index is -4.18. The topological polar surface area (TPSA) is 153 Å². The molecule has 0 aromatic heterocycles. The van der Waals surface area contributed by atoms with E-state index >= 15 is 0 Å². The van der Waals surface area contributed by atoms with Crippen molar-refractivity contribution in [1.82, 2.24) is 10.2 Å². The smallest absolute Gasteiger partial charge is 0.367 e. The molecule has 0 saturated heterocycles. The molecule has 2 aromatic carbocycles. The molecule has 1 aliphatic heterocycles. The second-order valence-electron chi connectivity index (χ2n) is 9.23. The van der Waals surface area contributed by atoms with E-state index in [1.165, 1.54) is 30.2 Å². The summed E-state index contributed by atoms with van der Waals surface area (Å²) < 4.78 is 37.0. The molecule has 4 N–H and O–H groups in total. The van der Waals surface area contributed by atoms with Gasteiger partial charge in [0.1, 0.15) is 0 Å². The van der Waals surface area contributed by atoms with Crippen LogP contribution < -0.4 is 15.4 Å². The lowest BCUT2D eigenvalue weighted by atomic mass is 9.82. The maximum Gasteiger partial charge on any atom is 0.367 e. The molecule has 0 aliphatic carbocycles. The van der Waals surface area contributed by atoms with Crippen LogP contribution in [-0.2, 0) is 10.2 Å². The molecule has 3 rings (SSSR count). The van der Waals surface area contributed by atoms with E-state index in [1.807, 2.05) is 20.8 Å². The van der Waals surface area contributed by atoms with Gasteiger partial charge in [0.15, 0.2) is 28.9 Å². The van der Waals surface area contributed by atoms with Crippen molar-refractivity contribution >= 4 is 33.5 Å². The van der Waals surface area contributed by atoms with Crippen LogP contribution in [0.25, 0.3) is 0 Å². The number of ether oxygens (including phenoxy) is 1. The molecule has 2 aromatic rings. The SMILES string of the molecule is COc1ccc(C(NC2=NS(=O)(=O)N=C2Nc2cccc(C(=O)N(C)C)c2O)C(C)(C)C)cc1O. The van der Waals surface area contributed by atoms with Gasteiger partial charge in [-0.1, -0.05) is 32.9 Å². The number of anilines is 1. The van der Waals surface area contributed by atoms with Crippen LogP contribution in [0.5, 0.6) is 17.2 Å². The average Bonchev–Trinajstić information content (AvgIpc) is 3.05. The predicted octanol–water partition coefficient (Wildman–Crippen LogP) is 2.65. The highest BCUT2D eigenvalue weighted by Crippen LogP contribution is 2.37. The van der Waals surface area contributed by atoms with Crippen LogP contribution in [0.1, 0.15) is 42.7 Å². The maximum absolute atomic E-state index is 12.4. The Kier molecular flexibility index (Phi) is 6.97. The first kappa shape index (κ1) is 25.8. The molecular formula is C23H29N5O6S. The molecule has 1 aliphatic rings. The van der Waals surface area contributed by atoms with E-state index in [4.69, 9.17) is 4.74 Å². The summed E-state index contributed by atoms with van der Waals surface area (Å²) in [4.78, 5) is 13.7. The Morgan fingerprint density at radius 1 is 1.09 bits per heavy atom. The zero-order valence-corrected chi connectivity index (χ0v) is 21.1. The Bertz CT molecular complexity index is 1310. The number of phenolic OH excluding ortho intramolecular Hbond substituents is 2. The quantitative estimate of drug-likeness (QED) is 0.454. The summed E-state index contributed by atoms with van der Waals surface area (Å²) in [6.07, 6.45) is 0. The molecule has 0 radical (unpaired) electrons. The first-order chi connectivity index (χ1) is 16.2. The van der Waals surface area contributed by atoms with Crippen LogP contribution in [0.4, 0.5) is 5.69 Å². The summed E-state index contributed by atoms with van der Waals surface area (Å²) in [6.45, 7) is 5.80. The molecule has 1 amide bonds. The van der Waals surface area contributed by atoms with Crippen molar-refractivity contribution in [3.05, 3.63) is 47.5 Å². The summed E-state index contributed by atoms with van der Waals surface area (Å²) in [5.74, 6) is -0.781. The molecule has 35 heavy (non-hydrogen) atoms. The second kappa shape index (κ2) is 9.45. The van der Waals surface area contributed by atoms with Gasteiger partial charge < -0.3 is 30.5 Å². The van der Waals surface area contributed by atoms with E-state index < -0.39 is 27.6 Å². The highest BCUT2D eigenvalue weighted by atomic mass is 32.2. The second-order valence-corrected chi connectivity index (χ2v) is 10.5. The number of hydrogen-bond acceptors (Lipinski definition) is 8. The third-order valence-corrected chi connectivity index (χ3v) is 6.07. The van der Waals surface area contributed by atoms with Gasteiger partial charge in [-0.15, -0.1) is 8.80 Å². The van der Waals surface area contributed by atoms with Gasteiger partial charge in [-0.05, 0) is 35.2 Å². The number of nitrogens with zero attached hydrogens (tertiary/aromatic N) is 3. The fraction of sp³-hybridized carbons (Fsp3) is 0.348. The van der Waals surface area contributed by atoms with Crippen LogP contribution in [0.2, 0.25) is 0 Å². The number of aromatic hydroxyl groups is 2. The molecule has 0 saturated carbocycles. The van der Waals surface area contributed by atoms with Crippen LogP contribution in [0, 0.1) is 5.41 Å². The van der Waals surface area contributed by atoms with Crippen LogP contribution in [-0.4, -0.2) is 62.3 Å². The standard InChI is InChI=1S/C23H29N5O6S/c1-23(2,3)19(13-10-11-17(34-6)16(29)12-13)25-21-20(26-35(32,33)27-21)24-15-9-7-8-14(18(15)30)22(31)28(4)5/h7-12,19,29-30H,1-6H3,(H,24,26)(H,25,27). The van der Waals surface area contributed by atoms with Crippen molar-refractivity contribution in [1.29, 1.82) is 0 Å². The monoisotopic (exact) mass is 503 g/mol. The average molecular weight is 504 g/mol. The van der Waals surface area contributed by atoms with Gasteiger partial charge in [0.2, 0.25) is 0 Å². The van der Waals surface area contributed by atoms with E-state index in [1.54, 1.807) is 32.3 Å².